The summed E-state index contributed by atoms with van der Waals surface area (Å²) in [4.78, 5) is 31.5. The SMILES string of the molecule is COC(=O)C(Cc1ccc(OC)nc1)=NC(=O)OCc1ccccc1. The highest BCUT2D eigenvalue weighted by molar-refractivity contribution is 6.38. The molecule has 7 nitrogen and oxygen atoms in total. The quantitative estimate of drug-likeness (QED) is 0.592. The number of hydrogen-bond donors (Lipinski definition) is 0. The predicted octanol–water partition coefficient (Wildman–Crippen LogP) is 2.58. The van der Waals surface area contributed by atoms with Crippen molar-refractivity contribution in [2.24, 2.45) is 4.99 Å². The van der Waals surface area contributed by atoms with Crippen molar-refractivity contribution in [2.45, 2.75) is 13.0 Å². The van der Waals surface area contributed by atoms with Crippen LogP contribution in [0.1, 0.15) is 11.1 Å². The van der Waals surface area contributed by atoms with Crippen molar-refractivity contribution in [1.82, 2.24) is 4.98 Å². The number of esters is 1. The average molecular weight is 342 g/mol. The van der Waals surface area contributed by atoms with Gasteiger partial charge in [0.05, 0.1) is 14.2 Å². The second-order valence-electron chi connectivity index (χ2n) is 4.98. The van der Waals surface area contributed by atoms with Crippen LogP contribution >= 0.6 is 0 Å². The fraction of sp³-hybridized carbons (Fsp3) is 0.222. The molecular weight excluding hydrogens is 324 g/mol. The first-order valence-corrected chi connectivity index (χ1v) is 7.48. The van der Waals surface area contributed by atoms with Gasteiger partial charge in [0.1, 0.15) is 12.3 Å². The molecule has 0 atom stereocenters. The largest absolute Gasteiger partial charge is 0.481 e. The fourth-order valence-corrected chi connectivity index (χ4v) is 1.97. The van der Waals surface area contributed by atoms with E-state index in [1.807, 2.05) is 30.3 Å². The summed E-state index contributed by atoms with van der Waals surface area (Å²) in [6.07, 6.45) is 0.766. The first kappa shape index (κ1) is 18.1. The molecular formula is C18H18N2O5. The zero-order valence-electron chi connectivity index (χ0n) is 14.0. The Morgan fingerprint density at radius 2 is 1.80 bits per heavy atom. The van der Waals surface area contributed by atoms with Crippen LogP contribution in [0, 0.1) is 0 Å². The van der Waals surface area contributed by atoms with Gasteiger partial charge in [-0.2, -0.15) is 4.99 Å². The predicted molar refractivity (Wildman–Crippen MR) is 90.6 cm³/mol. The molecule has 0 aliphatic rings. The molecule has 0 saturated carbocycles. The van der Waals surface area contributed by atoms with Crippen molar-refractivity contribution in [2.75, 3.05) is 14.2 Å². The molecule has 0 bridgehead atoms. The van der Waals surface area contributed by atoms with Gasteiger partial charge in [-0.3, -0.25) is 0 Å². The van der Waals surface area contributed by atoms with Crippen molar-refractivity contribution < 1.29 is 23.8 Å². The van der Waals surface area contributed by atoms with Gasteiger partial charge in [0.2, 0.25) is 5.88 Å². The number of carbonyl (C=O) groups is 2. The summed E-state index contributed by atoms with van der Waals surface area (Å²) in [7, 11) is 2.73. The minimum atomic E-state index is -0.856. The van der Waals surface area contributed by atoms with E-state index in [0.29, 0.717) is 11.4 Å². The Kier molecular flexibility index (Phi) is 6.65. The lowest BCUT2D eigenvalue weighted by Crippen LogP contribution is -2.20. The highest BCUT2D eigenvalue weighted by Crippen LogP contribution is 2.09. The number of nitrogens with zero attached hydrogens (tertiary/aromatic N) is 2. The molecule has 25 heavy (non-hydrogen) atoms. The van der Waals surface area contributed by atoms with Crippen molar-refractivity contribution in [1.29, 1.82) is 0 Å². The molecule has 0 aliphatic carbocycles. The fourth-order valence-electron chi connectivity index (χ4n) is 1.97. The van der Waals surface area contributed by atoms with Gasteiger partial charge in [-0.1, -0.05) is 36.4 Å². The normalized spacial score (nSPS) is 10.9. The number of hydrogen-bond acceptors (Lipinski definition) is 6. The Hall–Kier alpha value is -3.22. The maximum absolute atomic E-state index is 11.9. The minimum absolute atomic E-state index is 0.0625. The summed E-state index contributed by atoms with van der Waals surface area (Å²) in [5.41, 5.74) is 1.44. The van der Waals surface area contributed by atoms with E-state index in [-0.39, 0.29) is 18.7 Å². The van der Waals surface area contributed by atoms with Crippen LogP contribution in [0.2, 0.25) is 0 Å². The lowest BCUT2D eigenvalue weighted by atomic mass is 10.1. The van der Waals surface area contributed by atoms with Gasteiger partial charge < -0.3 is 14.2 Å². The van der Waals surface area contributed by atoms with Crippen LogP contribution in [0.15, 0.2) is 53.7 Å². The molecule has 7 heteroatoms. The van der Waals surface area contributed by atoms with Crippen molar-refractivity contribution in [3.8, 4) is 5.88 Å². The number of aliphatic imine (C=N–C) groups is 1. The van der Waals surface area contributed by atoms with Crippen LogP contribution in [-0.4, -0.2) is 37.0 Å². The molecule has 0 unspecified atom stereocenters. The Balaban J connectivity index is 2.05. The van der Waals surface area contributed by atoms with Gasteiger partial charge in [0, 0.05) is 18.7 Å². The first-order valence-electron chi connectivity index (χ1n) is 7.48. The molecule has 1 amide bonds. The van der Waals surface area contributed by atoms with E-state index in [1.165, 1.54) is 20.4 Å². The van der Waals surface area contributed by atoms with Crippen molar-refractivity contribution in [3.05, 3.63) is 59.8 Å². The number of amides is 1. The van der Waals surface area contributed by atoms with E-state index in [9.17, 15) is 9.59 Å². The third kappa shape index (κ3) is 5.72. The smallest absolute Gasteiger partial charge is 0.434 e. The number of benzene rings is 1. The number of pyridine rings is 1. The molecule has 0 fully saturated rings. The topological polar surface area (TPSA) is 87.1 Å². The summed E-state index contributed by atoms with van der Waals surface area (Å²) < 4.78 is 14.7. The summed E-state index contributed by atoms with van der Waals surface area (Å²) in [6, 6.07) is 12.5. The molecule has 2 rings (SSSR count). The molecule has 1 heterocycles. The van der Waals surface area contributed by atoms with E-state index < -0.39 is 12.1 Å². The molecule has 0 spiro atoms. The monoisotopic (exact) mass is 342 g/mol. The Morgan fingerprint density at radius 3 is 2.40 bits per heavy atom. The maximum Gasteiger partial charge on any atom is 0.434 e. The Bertz CT molecular complexity index is 742. The lowest BCUT2D eigenvalue weighted by molar-refractivity contribution is -0.132. The zero-order valence-corrected chi connectivity index (χ0v) is 14.0. The molecule has 1 aromatic heterocycles. The average Bonchev–Trinajstić information content (AvgIpc) is 2.66. The Morgan fingerprint density at radius 1 is 1.04 bits per heavy atom. The van der Waals surface area contributed by atoms with E-state index in [2.05, 4.69) is 14.7 Å². The lowest BCUT2D eigenvalue weighted by Gasteiger charge is -2.06. The van der Waals surface area contributed by atoms with Gasteiger partial charge in [-0.15, -0.1) is 0 Å². The van der Waals surface area contributed by atoms with Crippen LogP contribution in [0.5, 0.6) is 5.88 Å². The molecule has 1 aromatic carbocycles. The molecule has 2 aromatic rings. The van der Waals surface area contributed by atoms with Gasteiger partial charge in [0.15, 0.2) is 0 Å². The second-order valence-corrected chi connectivity index (χ2v) is 4.98. The van der Waals surface area contributed by atoms with E-state index in [4.69, 9.17) is 9.47 Å². The molecule has 130 valence electrons. The van der Waals surface area contributed by atoms with Crippen LogP contribution in [0.4, 0.5) is 4.79 Å². The molecule has 0 radical (unpaired) electrons. The van der Waals surface area contributed by atoms with Crippen molar-refractivity contribution in [3.63, 3.8) is 0 Å². The maximum atomic E-state index is 11.9. The summed E-state index contributed by atoms with van der Waals surface area (Å²) >= 11 is 0. The Labute approximate surface area is 145 Å². The van der Waals surface area contributed by atoms with Crippen LogP contribution in [0.25, 0.3) is 0 Å². The first-order chi connectivity index (χ1) is 12.1. The summed E-state index contributed by atoms with van der Waals surface area (Å²) in [5.74, 6) is -0.255. The molecule has 0 N–H and O–H groups in total. The number of carbonyl (C=O) groups excluding carboxylic acids is 2. The zero-order chi connectivity index (χ0) is 18.1. The number of rotatable bonds is 6. The standard InChI is InChI=1S/C18H18N2O5/c1-23-16-9-8-14(11-19-16)10-15(17(21)24-2)20-18(22)25-12-13-6-4-3-5-7-13/h3-9,11H,10,12H2,1-2H3. The highest BCUT2D eigenvalue weighted by Gasteiger charge is 2.16. The number of aromatic nitrogens is 1. The van der Waals surface area contributed by atoms with Gasteiger partial charge in [-0.25, -0.2) is 14.6 Å². The van der Waals surface area contributed by atoms with E-state index in [0.717, 1.165) is 5.56 Å². The van der Waals surface area contributed by atoms with Gasteiger partial charge in [-0.05, 0) is 11.1 Å². The van der Waals surface area contributed by atoms with E-state index >= 15 is 0 Å². The number of ether oxygens (including phenoxy) is 3. The van der Waals surface area contributed by atoms with E-state index in [1.54, 1.807) is 12.1 Å². The minimum Gasteiger partial charge on any atom is -0.481 e. The van der Waals surface area contributed by atoms with Crippen LogP contribution < -0.4 is 4.74 Å². The van der Waals surface area contributed by atoms with Gasteiger partial charge >= 0.3 is 12.1 Å². The summed E-state index contributed by atoms with van der Waals surface area (Å²) in [5, 5.41) is 0. The van der Waals surface area contributed by atoms with Crippen LogP contribution in [-0.2, 0) is 27.3 Å². The van der Waals surface area contributed by atoms with Crippen molar-refractivity contribution >= 4 is 17.8 Å². The third-order valence-electron chi connectivity index (χ3n) is 3.23. The summed E-state index contributed by atoms with van der Waals surface area (Å²) in [6.45, 7) is 0.0711. The third-order valence-corrected chi connectivity index (χ3v) is 3.23. The molecule has 0 saturated heterocycles. The number of methoxy groups -OCH3 is 2. The van der Waals surface area contributed by atoms with Crippen LogP contribution in [0.3, 0.4) is 0 Å². The molecule has 0 aliphatic heterocycles. The highest BCUT2D eigenvalue weighted by atomic mass is 16.5. The second kappa shape index (κ2) is 9.17. The van der Waals surface area contributed by atoms with Gasteiger partial charge in [0.25, 0.3) is 0 Å².